The zero-order valence-corrected chi connectivity index (χ0v) is 10.9. The van der Waals surface area contributed by atoms with Gasteiger partial charge >= 0.3 is 6.36 Å². The summed E-state index contributed by atoms with van der Waals surface area (Å²) in [6.45, 7) is 1.30. The van der Waals surface area contributed by atoms with Crippen LogP contribution in [-0.2, 0) is 0 Å². The molecule has 0 spiro atoms. The Morgan fingerprint density at radius 2 is 1.81 bits per heavy atom. The molecule has 0 unspecified atom stereocenters. The quantitative estimate of drug-likeness (QED) is 0.612. The minimum absolute atomic E-state index is 0.218. The van der Waals surface area contributed by atoms with Crippen LogP contribution < -0.4 is 4.74 Å². The van der Waals surface area contributed by atoms with Gasteiger partial charge in [0.1, 0.15) is 11.6 Å². The first-order valence-corrected chi connectivity index (χ1v) is 5.93. The van der Waals surface area contributed by atoms with E-state index in [1.807, 2.05) is 0 Å². The van der Waals surface area contributed by atoms with E-state index < -0.39 is 17.9 Å². The van der Waals surface area contributed by atoms with Crippen molar-refractivity contribution >= 4 is 5.78 Å². The Kier molecular flexibility index (Phi) is 3.97. The van der Waals surface area contributed by atoms with E-state index in [4.69, 9.17) is 0 Å². The average Bonchev–Trinajstić information content (AvgIpc) is 2.36. The van der Waals surface area contributed by atoms with Crippen LogP contribution in [0.4, 0.5) is 17.6 Å². The van der Waals surface area contributed by atoms with Crippen LogP contribution in [0.15, 0.2) is 42.5 Å². The van der Waals surface area contributed by atoms with E-state index in [9.17, 15) is 22.4 Å². The number of carbonyl (C=O) groups excluding carboxylic acids is 1. The van der Waals surface area contributed by atoms with Crippen LogP contribution in [-0.4, -0.2) is 12.1 Å². The highest BCUT2D eigenvalue weighted by atomic mass is 19.4. The number of ether oxygens (including phenoxy) is 1. The Morgan fingerprint density at radius 3 is 2.43 bits per heavy atom. The summed E-state index contributed by atoms with van der Waals surface area (Å²) >= 11 is 0. The van der Waals surface area contributed by atoms with Gasteiger partial charge in [0.25, 0.3) is 0 Å². The van der Waals surface area contributed by atoms with E-state index in [1.54, 1.807) is 0 Å². The standard InChI is InChI=1S/C15H10F4O2/c1-9(20)13-6-5-11(16)8-14(13)10-3-2-4-12(7-10)21-15(17,18)19/h2-8H,1H3. The Morgan fingerprint density at radius 1 is 1.10 bits per heavy atom. The third-order valence-electron chi connectivity index (χ3n) is 2.74. The molecular weight excluding hydrogens is 288 g/mol. The van der Waals surface area contributed by atoms with Crippen molar-refractivity contribution in [1.29, 1.82) is 0 Å². The Bertz CT molecular complexity index is 678. The second-order valence-electron chi connectivity index (χ2n) is 4.32. The molecule has 110 valence electrons. The first kappa shape index (κ1) is 15.0. The molecule has 2 nitrogen and oxygen atoms in total. The summed E-state index contributed by atoms with van der Waals surface area (Å²) in [4.78, 5) is 11.5. The number of hydrogen-bond donors (Lipinski definition) is 0. The monoisotopic (exact) mass is 298 g/mol. The SMILES string of the molecule is CC(=O)c1ccc(F)cc1-c1cccc(OC(F)(F)F)c1. The van der Waals surface area contributed by atoms with Gasteiger partial charge in [-0.2, -0.15) is 0 Å². The van der Waals surface area contributed by atoms with Crippen molar-refractivity contribution in [2.24, 2.45) is 0 Å². The lowest BCUT2D eigenvalue weighted by Crippen LogP contribution is -2.17. The number of ketones is 1. The molecule has 6 heteroatoms. The maximum atomic E-state index is 13.3. The first-order chi connectivity index (χ1) is 9.76. The second-order valence-corrected chi connectivity index (χ2v) is 4.32. The highest BCUT2D eigenvalue weighted by Gasteiger charge is 2.31. The fourth-order valence-electron chi connectivity index (χ4n) is 1.92. The molecule has 0 aromatic heterocycles. The average molecular weight is 298 g/mol. The number of carbonyl (C=O) groups is 1. The molecule has 2 aromatic rings. The van der Waals surface area contributed by atoms with E-state index in [0.717, 1.165) is 24.3 Å². The minimum Gasteiger partial charge on any atom is -0.406 e. The molecule has 2 rings (SSSR count). The molecular formula is C15H10F4O2. The molecule has 0 aliphatic rings. The minimum atomic E-state index is -4.82. The molecule has 0 amide bonds. The van der Waals surface area contributed by atoms with Gasteiger partial charge in [-0.3, -0.25) is 4.79 Å². The lowest BCUT2D eigenvalue weighted by atomic mass is 9.97. The fraction of sp³-hybridized carbons (Fsp3) is 0.133. The number of rotatable bonds is 3. The van der Waals surface area contributed by atoms with E-state index in [0.29, 0.717) is 0 Å². The Hall–Kier alpha value is -2.37. The largest absolute Gasteiger partial charge is 0.573 e. The summed E-state index contributed by atoms with van der Waals surface area (Å²) in [5, 5.41) is 0. The molecule has 0 radical (unpaired) electrons. The molecule has 0 aliphatic heterocycles. The molecule has 0 bridgehead atoms. The number of benzene rings is 2. The van der Waals surface area contributed by atoms with Gasteiger partial charge in [-0.1, -0.05) is 12.1 Å². The van der Waals surface area contributed by atoms with Crippen LogP contribution in [0.1, 0.15) is 17.3 Å². The fourth-order valence-corrected chi connectivity index (χ4v) is 1.92. The summed E-state index contributed by atoms with van der Waals surface area (Å²) in [6, 6.07) is 8.57. The molecule has 0 heterocycles. The van der Waals surface area contributed by atoms with Crippen molar-refractivity contribution in [2.75, 3.05) is 0 Å². The Labute approximate surface area is 118 Å². The summed E-state index contributed by atoms with van der Waals surface area (Å²) in [5.74, 6) is -1.33. The predicted octanol–water partition coefficient (Wildman–Crippen LogP) is 4.59. The van der Waals surface area contributed by atoms with Gasteiger partial charge in [0.15, 0.2) is 5.78 Å². The summed E-state index contributed by atoms with van der Waals surface area (Å²) < 4.78 is 53.8. The highest BCUT2D eigenvalue weighted by molar-refractivity contribution is 6.00. The van der Waals surface area contributed by atoms with Crippen molar-refractivity contribution in [3.63, 3.8) is 0 Å². The van der Waals surface area contributed by atoms with Crippen LogP contribution in [0.25, 0.3) is 11.1 Å². The first-order valence-electron chi connectivity index (χ1n) is 5.93. The molecule has 0 atom stereocenters. The molecule has 0 saturated heterocycles. The number of hydrogen-bond acceptors (Lipinski definition) is 2. The van der Waals surface area contributed by atoms with Gasteiger partial charge in [-0.25, -0.2) is 4.39 Å². The summed E-state index contributed by atoms with van der Waals surface area (Å²) in [6.07, 6.45) is -4.82. The van der Waals surface area contributed by atoms with Crippen LogP contribution in [0.2, 0.25) is 0 Å². The van der Waals surface area contributed by atoms with Crippen molar-refractivity contribution in [3.05, 3.63) is 53.8 Å². The van der Waals surface area contributed by atoms with Crippen molar-refractivity contribution in [2.45, 2.75) is 13.3 Å². The number of halogens is 4. The maximum Gasteiger partial charge on any atom is 0.573 e. The lowest BCUT2D eigenvalue weighted by Gasteiger charge is -2.12. The van der Waals surface area contributed by atoms with Gasteiger partial charge in [-0.15, -0.1) is 13.2 Å². The number of Topliss-reactive ketones (excluding diaryl/α,β-unsaturated/α-hetero) is 1. The second kappa shape index (κ2) is 5.55. The van der Waals surface area contributed by atoms with Crippen molar-refractivity contribution in [1.82, 2.24) is 0 Å². The lowest BCUT2D eigenvalue weighted by molar-refractivity contribution is -0.274. The zero-order valence-electron chi connectivity index (χ0n) is 10.9. The third kappa shape index (κ3) is 3.81. The van der Waals surface area contributed by atoms with Crippen LogP contribution in [0.5, 0.6) is 5.75 Å². The molecule has 0 saturated carbocycles. The van der Waals surface area contributed by atoms with E-state index in [1.165, 1.54) is 25.1 Å². The van der Waals surface area contributed by atoms with Gasteiger partial charge in [0.05, 0.1) is 0 Å². The highest BCUT2D eigenvalue weighted by Crippen LogP contribution is 2.30. The van der Waals surface area contributed by atoms with Gasteiger partial charge in [0.2, 0.25) is 0 Å². The Balaban J connectivity index is 2.50. The molecule has 0 fully saturated rings. The van der Waals surface area contributed by atoms with Crippen molar-refractivity contribution in [3.8, 4) is 16.9 Å². The summed E-state index contributed by atoms with van der Waals surface area (Å²) in [7, 11) is 0. The van der Waals surface area contributed by atoms with Crippen LogP contribution >= 0.6 is 0 Å². The van der Waals surface area contributed by atoms with Crippen molar-refractivity contribution < 1.29 is 27.1 Å². The van der Waals surface area contributed by atoms with E-state index >= 15 is 0 Å². The molecule has 2 aromatic carbocycles. The summed E-state index contributed by atoms with van der Waals surface area (Å²) in [5.41, 5.74) is 0.706. The van der Waals surface area contributed by atoms with E-state index in [-0.39, 0.29) is 22.5 Å². The number of alkyl halides is 3. The van der Waals surface area contributed by atoms with Gasteiger partial charge < -0.3 is 4.74 Å². The predicted molar refractivity (Wildman–Crippen MR) is 68.5 cm³/mol. The van der Waals surface area contributed by atoms with Crippen LogP contribution in [0.3, 0.4) is 0 Å². The molecule has 0 aliphatic carbocycles. The molecule has 0 N–H and O–H groups in total. The topological polar surface area (TPSA) is 26.3 Å². The van der Waals surface area contributed by atoms with Gasteiger partial charge in [-0.05, 0) is 48.4 Å². The van der Waals surface area contributed by atoms with E-state index in [2.05, 4.69) is 4.74 Å². The maximum absolute atomic E-state index is 13.3. The van der Waals surface area contributed by atoms with Crippen LogP contribution in [0, 0.1) is 5.82 Å². The third-order valence-corrected chi connectivity index (χ3v) is 2.74. The normalized spacial score (nSPS) is 11.3. The molecule has 21 heavy (non-hydrogen) atoms. The van der Waals surface area contributed by atoms with Gasteiger partial charge in [0, 0.05) is 5.56 Å². The zero-order chi connectivity index (χ0) is 15.6. The smallest absolute Gasteiger partial charge is 0.406 e.